The van der Waals surface area contributed by atoms with Gasteiger partial charge in [-0.25, -0.2) is 0 Å². The average molecular weight is 757 g/mol. The van der Waals surface area contributed by atoms with Crippen molar-refractivity contribution in [1.82, 2.24) is 0 Å². The molecule has 54 heavy (non-hydrogen) atoms. The molecule has 0 aromatic rings. The molecule has 0 N–H and O–H groups in total. The van der Waals surface area contributed by atoms with Crippen LogP contribution in [0.2, 0.25) is 0 Å². The Morgan fingerprint density at radius 1 is 0.259 bits per heavy atom. The van der Waals surface area contributed by atoms with E-state index in [2.05, 4.69) is 83.1 Å². The van der Waals surface area contributed by atoms with E-state index in [1.54, 1.807) is 0 Å². The molecule has 0 heterocycles. The summed E-state index contributed by atoms with van der Waals surface area (Å²) in [5, 5.41) is 0. The second-order valence-electron chi connectivity index (χ2n) is 24.6. The summed E-state index contributed by atoms with van der Waals surface area (Å²) in [6, 6.07) is 0. The van der Waals surface area contributed by atoms with Gasteiger partial charge in [-0.15, -0.1) is 0 Å². The summed E-state index contributed by atoms with van der Waals surface area (Å²) in [7, 11) is 0. The van der Waals surface area contributed by atoms with E-state index < -0.39 is 0 Å². The second-order valence-corrected chi connectivity index (χ2v) is 24.6. The minimum Gasteiger partial charge on any atom is -0.0602 e. The van der Waals surface area contributed by atoms with Crippen LogP contribution in [0.25, 0.3) is 0 Å². The van der Waals surface area contributed by atoms with E-state index in [0.29, 0.717) is 21.7 Å². The van der Waals surface area contributed by atoms with Crippen LogP contribution in [0.3, 0.4) is 0 Å². The standard InChI is InChI=1S/C15H30.C14H28.C13H26.C12H24/c1-15(2,3)13-9-8-12-14-10-6-4-5-7-11-14;1-14(2,3)12-8-11-13-9-6-4-5-7-10-13;1-13(2,3)11-10-12-8-6-4-5-7-9-12;1-12(2,3)10-11-8-6-4-5-7-9-11/h14H,4-13H2,1-3H3;13H,4-12H2,1-3H3;12H,4-11H2,1-3H3;11H,4-10H2,1-3H3. The largest absolute Gasteiger partial charge is 0.0602 e. The van der Waals surface area contributed by atoms with E-state index in [1.807, 2.05) is 0 Å². The van der Waals surface area contributed by atoms with Crippen molar-refractivity contribution in [2.24, 2.45) is 45.3 Å². The van der Waals surface area contributed by atoms with Crippen LogP contribution < -0.4 is 0 Å². The summed E-state index contributed by atoms with van der Waals surface area (Å²) in [5.41, 5.74) is 2.19. The van der Waals surface area contributed by atoms with E-state index in [-0.39, 0.29) is 0 Å². The van der Waals surface area contributed by atoms with Gasteiger partial charge in [-0.2, -0.15) is 0 Å². The van der Waals surface area contributed by atoms with Gasteiger partial charge in [-0.1, -0.05) is 269 Å². The molecule has 0 saturated heterocycles. The van der Waals surface area contributed by atoms with Crippen LogP contribution >= 0.6 is 0 Å². The van der Waals surface area contributed by atoms with Crippen LogP contribution in [0, 0.1) is 45.3 Å². The van der Waals surface area contributed by atoms with Crippen molar-refractivity contribution in [3.05, 3.63) is 0 Å². The Morgan fingerprint density at radius 2 is 0.537 bits per heavy atom. The van der Waals surface area contributed by atoms with Crippen LogP contribution in [-0.4, -0.2) is 0 Å². The Hall–Kier alpha value is 0. The Morgan fingerprint density at radius 3 is 0.852 bits per heavy atom. The maximum Gasteiger partial charge on any atom is -0.0380 e. The molecule has 4 saturated carbocycles. The van der Waals surface area contributed by atoms with Gasteiger partial charge >= 0.3 is 0 Å². The van der Waals surface area contributed by atoms with Gasteiger partial charge in [-0.05, 0) is 77.4 Å². The molecule has 0 heteroatoms. The molecular weight excluding hydrogens is 649 g/mol. The van der Waals surface area contributed by atoms with E-state index in [4.69, 9.17) is 0 Å². The quantitative estimate of drug-likeness (QED) is 0.154. The molecule has 0 aromatic heterocycles. The zero-order valence-corrected chi connectivity index (χ0v) is 40.4. The monoisotopic (exact) mass is 757 g/mol. The molecule has 324 valence electrons. The lowest BCUT2D eigenvalue weighted by molar-refractivity contribution is 0.273. The molecule has 4 aliphatic rings. The highest BCUT2D eigenvalue weighted by Gasteiger charge is 2.20. The van der Waals surface area contributed by atoms with Gasteiger partial charge in [0.2, 0.25) is 0 Å². The number of hydrogen-bond acceptors (Lipinski definition) is 0. The molecule has 0 radical (unpaired) electrons. The maximum absolute atomic E-state index is 2.37. The minimum atomic E-state index is 0.545. The van der Waals surface area contributed by atoms with Gasteiger partial charge in [0.1, 0.15) is 0 Å². The molecule has 0 bridgehead atoms. The molecular formula is C54H108. The smallest absolute Gasteiger partial charge is 0.0380 e. The number of hydrogen-bond donors (Lipinski definition) is 0. The van der Waals surface area contributed by atoms with Crippen LogP contribution in [0.15, 0.2) is 0 Å². The molecule has 0 aliphatic heterocycles. The van der Waals surface area contributed by atoms with E-state index in [1.165, 1.54) is 218 Å². The van der Waals surface area contributed by atoms with Crippen molar-refractivity contribution in [3.63, 3.8) is 0 Å². The average Bonchev–Trinajstić information content (AvgIpc) is 3.66. The first-order chi connectivity index (χ1) is 25.3. The molecule has 0 aromatic carbocycles. The van der Waals surface area contributed by atoms with Crippen molar-refractivity contribution in [2.45, 2.75) is 301 Å². The predicted molar refractivity (Wildman–Crippen MR) is 249 cm³/mol. The number of rotatable bonds is 10. The lowest BCUT2D eigenvalue weighted by atomic mass is 9.81. The Kier molecular flexibility index (Phi) is 28.2. The fraction of sp³-hybridized carbons (Fsp3) is 1.00. The minimum absolute atomic E-state index is 0.545. The third kappa shape index (κ3) is 35.2. The third-order valence-electron chi connectivity index (χ3n) is 13.4. The van der Waals surface area contributed by atoms with Gasteiger partial charge < -0.3 is 0 Å². The van der Waals surface area contributed by atoms with Gasteiger partial charge in [0.25, 0.3) is 0 Å². The first-order valence-corrected chi connectivity index (χ1v) is 25.3. The zero-order valence-electron chi connectivity index (χ0n) is 40.4. The summed E-state index contributed by atoms with van der Waals surface area (Å²) in [4.78, 5) is 0. The van der Waals surface area contributed by atoms with Gasteiger partial charge in [-0.3, -0.25) is 0 Å². The second kappa shape index (κ2) is 29.2. The van der Waals surface area contributed by atoms with Crippen molar-refractivity contribution < 1.29 is 0 Å². The zero-order chi connectivity index (χ0) is 40.4. The molecule has 0 nitrogen and oxygen atoms in total. The normalized spacial score (nSPS) is 21.1. The number of unbranched alkanes of at least 4 members (excludes halogenated alkanes) is 1. The summed E-state index contributed by atoms with van der Waals surface area (Å²) >= 11 is 0. The molecule has 0 spiro atoms. The highest BCUT2D eigenvalue weighted by Crippen LogP contribution is 2.34. The van der Waals surface area contributed by atoms with E-state index in [9.17, 15) is 0 Å². The van der Waals surface area contributed by atoms with Crippen LogP contribution in [0.1, 0.15) is 301 Å². The molecule has 0 amide bonds. The van der Waals surface area contributed by atoms with Gasteiger partial charge in [0.05, 0.1) is 0 Å². The van der Waals surface area contributed by atoms with Crippen LogP contribution in [-0.2, 0) is 0 Å². The maximum atomic E-state index is 2.37. The van der Waals surface area contributed by atoms with Crippen LogP contribution in [0.5, 0.6) is 0 Å². The molecule has 0 unspecified atom stereocenters. The van der Waals surface area contributed by atoms with E-state index >= 15 is 0 Å². The van der Waals surface area contributed by atoms with Gasteiger partial charge in [0.15, 0.2) is 0 Å². The summed E-state index contributed by atoms with van der Waals surface area (Å²) in [6.07, 6.45) is 50.5. The van der Waals surface area contributed by atoms with Gasteiger partial charge in [0, 0.05) is 0 Å². The molecule has 4 rings (SSSR count). The summed E-state index contributed by atoms with van der Waals surface area (Å²) in [5.74, 6) is 4.24. The Balaban J connectivity index is 0.000000361. The lowest BCUT2D eigenvalue weighted by Gasteiger charge is -2.24. The summed E-state index contributed by atoms with van der Waals surface area (Å²) in [6.45, 7) is 28.4. The molecule has 4 aliphatic carbocycles. The Labute approximate surface area is 345 Å². The summed E-state index contributed by atoms with van der Waals surface area (Å²) < 4.78 is 0. The first-order valence-electron chi connectivity index (χ1n) is 25.3. The van der Waals surface area contributed by atoms with E-state index in [0.717, 1.165) is 23.7 Å². The lowest BCUT2D eigenvalue weighted by Crippen LogP contribution is -2.12. The van der Waals surface area contributed by atoms with Crippen molar-refractivity contribution in [1.29, 1.82) is 0 Å². The van der Waals surface area contributed by atoms with Crippen LogP contribution in [0.4, 0.5) is 0 Å². The molecule has 0 atom stereocenters. The highest BCUT2D eigenvalue weighted by molar-refractivity contribution is 4.73. The van der Waals surface area contributed by atoms with Crippen molar-refractivity contribution in [2.75, 3.05) is 0 Å². The first kappa shape index (κ1) is 52.0. The fourth-order valence-electron chi connectivity index (χ4n) is 10.0. The van der Waals surface area contributed by atoms with Crippen molar-refractivity contribution >= 4 is 0 Å². The predicted octanol–water partition coefficient (Wildman–Crippen LogP) is 19.9. The third-order valence-corrected chi connectivity index (χ3v) is 13.4. The molecule has 4 fully saturated rings. The SMILES string of the molecule is CC(C)(C)CC1CCCCCC1.CC(C)(C)CCC1CCCCCC1.CC(C)(C)CCCC1CCCCCC1.CC(C)(C)CCCCC1CCCCCC1. The van der Waals surface area contributed by atoms with Crippen molar-refractivity contribution in [3.8, 4) is 0 Å². The fourth-order valence-corrected chi connectivity index (χ4v) is 10.0. The Bertz CT molecular complexity index is 788. The topological polar surface area (TPSA) is 0 Å². The highest BCUT2D eigenvalue weighted by atomic mass is 14.3.